The van der Waals surface area contributed by atoms with Crippen molar-refractivity contribution in [3.63, 3.8) is 0 Å². The number of rotatable bonds is 6. The SMILES string of the molecule is CC(C)Oc1cccc2c1C(=O)c1c(OC(C)C)cc(C=CP(=O)(O)O)cc1C2=O. The molecule has 7 nitrogen and oxygen atoms in total. The number of ketones is 2. The molecule has 0 aromatic heterocycles. The van der Waals surface area contributed by atoms with Gasteiger partial charge >= 0.3 is 7.60 Å². The molecule has 8 heteroatoms. The second-order valence-electron chi connectivity index (χ2n) is 7.52. The minimum atomic E-state index is -4.39. The summed E-state index contributed by atoms with van der Waals surface area (Å²) >= 11 is 0. The molecule has 0 fully saturated rings. The maximum atomic E-state index is 13.4. The lowest BCUT2D eigenvalue weighted by atomic mass is 9.82. The van der Waals surface area contributed by atoms with Crippen molar-refractivity contribution in [2.75, 3.05) is 0 Å². The Hall–Kier alpha value is -2.73. The molecule has 2 aromatic carbocycles. The van der Waals surface area contributed by atoms with Crippen LogP contribution in [0.1, 0.15) is 65.1 Å². The Morgan fingerprint density at radius 2 is 1.47 bits per heavy atom. The van der Waals surface area contributed by atoms with Crippen LogP contribution in [0.15, 0.2) is 36.1 Å². The van der Waals surface area contributed by atoms with Crippen LogP contribution in [0.3, 0.4) is 0 Å². The average Bonchev–Trinajstić information content (AvgIpc) is 2.62. The van der Waals surface area contributed by atoms with E-state index in [0.717, 1.165) is 5.82 Å². The van der Waals surface area contributed by atoms with Gasteiger partial charge in [0.25, 0.3) is 0 Å². The quantitative estimate of drug-likeness (QED) is 0.565. The van der Waals surface area contributed by atoms with Crippen molar-refractivity contribution in [3.05, 3.63) is 64.0 Å². The summed E-state index contributed by atoms with van der Waals surface area (Å²) < 4.78 is 22.8. The molecule has 0 saturated heterocycles. The van der Waals surface area contributed by atoms with Gasteiger partial charge in [-0.25, -0.2) is 0 Å². The Morgan fingerprint density at radius 1 is 0.867 bits per heavy atom. The van der Waals surface area contributed by atoms with Crippen LogP contribution in [-0.2, 0) is 4.57 Å². The van der Waals surface area contributed by atoms with Gasteiger partial charge in [-0.05, 0) is 57.5 Å². The Morgan fingerprint density at radius 3 is 2.07 bits per heavy atom. The molecule has 2 aromatic rings. The summed E-state index contributed by atoms with van der Waals surface area (Å²) in [6.07, 6.45) is 0.730. The molecule has 1 aliphatic carbocycles. The van der Waals surface area contributed by atoms with E-state index in [1.807, 2.05) is 13.8 Å². The lowest BCUT2D eigenvalue weighted by Gasteiger charge is -2.24. The van der Waals surface area contributed by atoms with E-state index < -0.39 is 13.4 Å². The minimum Gasteiger partial charge on any atom is -0.490 e. The van der Waals surface area contributed by atoms with Crippen molar-refractivity contribution in [1.82, 2.24) is 0 Å². The zero-order valence-electron chi connectivity index (χ0n) is 17.1. The van der Waals surface area contributed by atoms with Gasteiger partial charge in [0.05, 0.1) is 23.3 Å². The second kappa shape index (κ2) is 8.19. The van der Waals surface area contributed by atoms with Crippen molar-refractivity contribution >= 4 is 25.2 Å². The summed E-state index contributed by atoms with van der Waals surface area (Å²) in [5.41, 5.74) is 0.993. The molecule has 0 saturated carbocycles. The largest absolute Gasteiger partial charge is 0.490 e. The molecule has 0 aliphatic heterocycles. The maximum absolute atomic E-state index is 13.4. The third-order valence-corrected chi connectivity index (χ3v) is 4.82. The molecule has 0 unspecified atom stereocenters. The van der Waals surface area contributed by atoms with E-state index in [2.05, 4.69) is 0 Å². The number of ether oxygens (including phenoxy) is 2. The molecular formula is C22H23O7P. The van der Waals surface area contributed by atoms with Gasteiger partial charge in [0, 0.05) is 16.9 Å². The van der Waals surface area contributed by atoms with Crippen molar-refractivity contribution in [1.29, 1.82) is 0 Å². The third-order valence-electron chi connectivity index (χ3n) is 4.28. The molecule has 158 valence electrons. The van der Waals surface area contributed by atoms with Crippen molar-refractivity contribution < 1.29 is 33.4 Å². The molecular weight excluding hydrogens is 407 g/mol. The summed E-state index contributed by atoms with van der Waals surface area (Å²) in [4.78, 5) is 44.9. The van der Waals surface area contributed by atoms with Crippen LogP contribution < -0.4 is 9.47 Å². The van der Waals surface area contributed by atoms with E-state index in [1.165, 1.54) is 18.2 Å². The molecule has 0 atom stereocenters. The van der Waals surface area contributed by atoms with Crippen molar-refractivity contribution in [2.45, 2.75) is 39.9 Å². The van der Waals surface area contributed by atoms with Gasteiger partial charge in [-0.3, -0.25) is 14.2 Å². The van der Waals surface area contributed by atoms with E-state index in [0.29, 0.717) is 11.3 Å². The molecule has 0 bridgehead atoms. The normalized spacial score (nSPS) is 13.7. The zero-order valence-corrected chi connectivity index (χ0v) is 18.0. The number of carbonyl (C=O) groups excluding carboxylic acids is 2. The molecule has 1 aliphatic rings. The number of hydrogen-bond donors (Lipinski definition) is 2. The Bertz CT molecular complexity index is 1090. The zero-order chi connectivity index (χ0) is 22.2. The summed E-state index contributed by atoms with van der Waals surface area (Å²) in [5.74, 6) is 0.473. The van der Waals surface area contributed by atoms with Gasteiger partial charge in [-0.2, -0.15) is 0 Å². The number of fused-ring (bicyclic) bond motifs is 2. The van der Waals surface area contributed by atoms with Gasteiger partial charge in [0.2, 0.25) is 5.78 Å². The summed E-state index contributed by atoms with van der Waals surface area (Å²) in [5, 5.41) is 0. The summed E-state index contributed by atoms with van der Waals surface area (Å²) in [6.45, 7) is 7.21. The highest BCUT2D eigenvalue weighted by atomic mass is 31.2. The average molecular weight is 430 g/mol. The minimum absolute atomic E-state index is 0.120. The first-order valence-electron chi connectivity index (χ1n) is 9.46. The molecule has 0 amide bonds. The van der Waals surface area contributed by atoms with Gasteiger partial charge in [0.1, 0.15) is 11.5 Å². The highest BCUT2D eigenvalue weighted by Crippen LogP contribution is 2.40. The van der Waals surface area contributed by atoms with Crippen LogP contribution in [0.5, 0.6) is 11.5 Å². The predicted molar refractivity (Wildman–Crippen MR) is 112 cm³/mol. The topological polar surface area (TPSA) is 110 Å². The fraction of sp³-hybridized carbons (Fsp3) is 0.273. The van der Waals surface area contributed by atoms with Crippen LogP contribution in [0, 0.1) is 0 Å². The molecule has 0 spiro atoms. The first kappa shape index (κ1) is 22.0. The van der Waals surface area contributed by atoms with Crippen molar-refractivity contribution in [2.24, 2.45) is 0 Å². The van der Waals surface area contributed by atoms with E-state index in [1.54, 1.807) is 32.0 Å². The number of benzene rings is 2. The smallest absolute Gasteiger partial charge is 0.349 e. The number of carbonyl (C=O) groups is 2. The van der Waals surface area contributed by atoms with Crippen molar-refractivity contribution in [3.8, 4) is 11.5 Å². The molecule has 0 radical (unpaired) electrons. The Balaban J connectivity index is 2.23. The maximum Gasteiger partial charge on any atom is 0.349 e. The van der Waals surface area contributed by atoms with Crippen LogP contribution in [0.4, 0.5) is 0 Å². The van der Waals surface area contributed by atoms with Gasteiger partial charge in [-0.15, -0.1) is 0 Å². The monoisotopic (exact) mass is 430 g/mol. The molecule has 0 heterocycles. The first-order chi connectivity index (χ1) is 14.0. The van der Waals surface area contributed by atoms with Crippen LogP contribution in [0.2, 0.25) is 0 Å². The third kappa shape index (κ3) is 4.54. The van der Waals surface area contributed by atoms with Gasteiger partial charge < -0.3 is 19.3 Å². The van der Waals surface area contributed by atoms with Crippen LogP contribution in [0.25, 0.3) is 6.08 Å². The van der Waals surface area contributed by atoms with E-state index in [-0.39, 0.29) is 46.0 Å². The fourth-order valence-electron chi connectivity index (χ4n) is 3.25. The van der Waals surface area contributed by atoms with Crippen LogP contribution in [-0.4, -0.2) is 33.6 Å². The van der Waals surface area contributed by atoms with E-state index >= 15 is 0 Å². The Kier molecular flexibility index (Phi) is 5.99. The van der Waals surface area contributed by atoms with Gasteiger partial charge in [-0.1, -0.05) is 12.1 Å². The summed E-state index contributed by atoms with van der Waals surface area (Å²) in [6, 6.07) is 7.79. The molecule has 2 N–H and O–H groups in total. The standard InChI is InChI=1S/C22H23O7P/c1-12(2)28-17-7-5-6-15-19(17)22(24)20-16(21(15)23)10-14(8-9-30(25,26)27)11-18(20)29-13(3)4/h5-13H,1-4H3,(H2,25,26,27). The lowest BCUT2D eigenvalue weighted by Crippen LogP contribution is -2.24. The predicted octanol–water partition coefficient (Wildman–Crippen LogP) is 4.18. The fourth-order valence-corrected chi connectivity index (χ4v) is 3.62. The second-order valence-corrected chi connectivity index (χ2v) is 8.99. The van der Waals surface area contributed by atoms with Crippen LogP contribution >= 0.6 is 7.60 Å². The number of hydrogen-bond acceptors (Lipinski definition) is 5. The molecule has 30 heavy (non-hydrogen) atoms. The highest BCUT2D eigenvalue weighted by molar-refractivity contribution is 7.55. The van der Waals surface area contributed by atoms with E-state index in [9.17, 15) is 14.2 Å². The molecule has 3 rings (SSSR count). The summed E-state index contributed by atoms with van der Waals surface area (Å²) in [7, 11) is -4.39. The van der Waals surface area contributed by atoms with E-state index in [4.69, 9.17) is 19.3 Å². The Labute approximate surface area is 174 Å². The highest BCUT2D eigenvalue weighted by Gasteiger charge is 2.35. The van der Waals surface area contributed by atoms with Gasteiger partial charge in [0.15, 0.2) is 5.78 Å². The first-order valence-corrected chi connectivity index (χ1v) is 11.1. The lowest BCUT2D eigenvalue weighted by molar-refractivity contribution is 0.0968.